The smallest absolute Gasteiger partial charge is 0.245 e. The number of piperidine rings is 1. The molecule has 2 aromatic heterocycles. The van der Waals surface area contributed by atoms with Crippen LogP contribution in [0.5, 0.6) is 0 Å². The molecule has 10 heteroatoms. The van der Waals surface area contributed by atoms with E-state index in [-0.39, 0.29) is 11.8 Å². The van der Waals surface area contributed by atoms with Crippen molar-refractivity contribution in [2.45, 2.75) is 38.5 Å². The Morgan fingerprint density at radius 3 is 2.79 bits per heavy atom. The second-order valence-corrected chi connectivity index (χ2v) is 9.24. The molecule has 1 saturated heterocycles. The summed E-state index contributed by atoms with van der Waals surface area (Å²) in [5.74, 6) is 0.426. The van der Waals surface area contributed by atoms with E-state index >= 15 is 0 Å². The predicted molar refractivity (Wildman–Crippen MR) is 122 cm³/mol. The van der Waals surface area contributed by atoms with E-state index in [0.29, 0.717) is 46.9 Å². The Kier molecular flexibility index (Phi) is 5.37. The molecule has 0 aliphatic carbocycles. The van der Waals surface area contributed by atoms with Crippen molar-refractivity contribution in [2.75, 3.05) is 36.0 Å². The van der Waals surface area contributed by atoms with Crippen LogP contribution in [-0.2, 0) is 0 Å². The van der Waals surface area contributed by atoms with E-state index in [4.69, 9.17) is 10.7 Å². The van der Waals surface area contributed by atoms with Crippen molar-refractivity contribution >= 4 is 28.5 Å². The SMILES string of the molecule is CC1(CN)CCN(c2cnc3c(N4CCC(C(F)F)c5cc(C#N)ccc54)n[nH]c3n2)CC1. The molecule has 0 spiro atoms. The van der Waals surface area contributed by atoms with E-state index in [9.17, 15) is 14.0 Å². The van der Waals surface area contributed by atoms with Gasteiger partial charge in [0.25, 0.3) is 0 Å². The monoisotopic (exact) mass is 452 g/mol. The topological polar surface area (TPSA) is 111 Å². The van der Waals surface area contributed by atoms with Gasteiger partial charge in [-0.3, -0.25) is 5.10 Å². The van der Waals surface area contributed by atoms with Crippen molar-refractivity contribution in [1.29, 1.82) is 5.26 Å². The molecule has 2 aliphatic rings. The molecule has 2 aliphatic heterocycles. The molecule has 0 amide bonds. The van der Waals surface area contributed by atoms with Crippen LogP contribution >= 0.6 is 0 Å². The third kappa shape index (κ3) is 3.76. The van der Waals surface area contributed by atoms with Crippen LogP contribution in [0.15, 0.2) is 24.4 Å². The van der Waals surface area contributed by atoms with Crippen LogP contribution in [0.25, 0.3) is 11.2 Å². The van der Waals surface area contributed by atoms with Crippen LogP contribution in [0.3, 0.4) is 0 Å². The first kappa shape index (κ1) is 21.5. The summed E-state index contributed by atoms with van der Waals surface area (Å²) in [4.78, 5) is 13.5. The van der Waals surface area contributed by atoms with Gasteiger partial charge in [0.2, 0.25) is 6.43 Å². The molecule has 0 saturated carbocycles. The number of H-pyrrole nitrogens is 1. The van der Waals surface area contributed by atoms with Crippen LogP contribution < -0.4 is 15.5 Å². The summed E-state index contributed by atoms with van der Waals surface area (Å²) in [7, 11) is 0. The van der Waals surface area contributed by atoms with E-state index < -0.39 is 12.3 Å². The van der Waals surface area contributed by atoms with Gasteiger partial charge in [-0.2, -0.15) is 10.4 Å². The van der Waals surface area contributed by atoms with Crippen molar-refractivity contribution in [1.82, 2.24) is 20.2 Å². The Bertz CT molecular complexity index is 1210. The Morgan fingerprint density at radius 2 is 2.09 bits per heavy atom. The lowest BCUT2D eigenvalue weighted by molar-refractivity contribution is 0.109. The maximum atomic E-state index is 13.7. The summed E-state index contributed by atoms with van der Waals surface area (Å²) in [5, 5.41) is 16.6. The van der Waals surface area contributed by atoms with Crippen LogP contribution in [0.4, 0.5) is 26.1 Å². The summed E-state index contributed by atoms with van der Waals surface area (Å²) in [6.45, 7) is 5.00. The van der Waals surface area contributed by atoms with E-state index in [2.05, 4.69) is 27.0 Å². The Hall–Kier alpha value is -3.32. The average Bonchev–Trinajstić information content (AvgIpc) is 3.26. The van der Waals surface area contributed by atoms with Gasteiger partial charge in [-0.15, -0.1) is 0 Å². The molecule has 5 rings (SSSR count). The second kappa shape index (κ2) is 8.23. The molecular formula is C23H26F2N8. The van der Waals surface area contributed by atoms with E-state index in [1.54, 1.807) is 24.4 Å². The summed E-state index contributed by atoms with van der Waals surface area (Å²) >= 11 is 0. The molecule has 0 bridgehead atoms. The summed E-state index contributed by atoms with van der Waals surface area (Å²) in [6.07, 6.45) is 1.50. The molecule has 1 unspecified atom stereocenters. The number of nitriles is 1. The Labute approximate surface area is 190 Å². The number of nitrogens with two attached hydrogens (primary N) is 1. The Balaban J connectivity index is 1.47. The van der Waals surface area contributed by atoms with Crippen LogP contribution in [-0.4, -0.2) is 52.8 Å². The fraction of sp³-hybridized carbons (Fsp3) is 0.478. The number of hydrogen-bond acceptors (Lipinski definition) is 7. The molecule has 172 valence electrons. The van der Waals surface area contributed by atoms with E-state index in [1.807, 2.05) is 11.0 Å². The molecule has 4 heterocycles. The highest BCUT2D eigenvalue weighted by Gasteiger charge is 2.34. The minimum Gasteiger partial charge on any atom is -0.355 e. The molecule has 0 radical (unpaired) electrons. The first-order valence-corrected chi connectivity index (χ1v) is 11.2. The van der Waals surface area contributed by atoms with Crippen LogP contribution in [0, 0.1) is 16.7 Å². The first-order chi connectivity index (χ1) is 15.9. The summed E-state index contributed by atoms with van der Waals surface area (Å²) < 4.78 is 27.4. The number of fused-ring (bicyclic) bond motifs is 2. The van der Waals surface area contributed by atoms with Gasteiger partial charge in [0, 0.05) is 31.2 Å². The average molecular weight is 453 g/mol. The standard InChI is InChI=1S/C23H26F2N8/c1-23(13-27)5-8-32(9-6-23)18-12-28-19-21(29-18)30-31-22(19)33-7-4-15(20(24)25)16-10-14(11-26)2-3-17(16)33/h2-3,10,12,15,20H,4-9,13,27H2,1H3,(H,29,30,31). The van der Waals surface area contributed by atoms with Crippen molar-refractivity contribution < 1.29 is 8.78 Å². The molecule has 8 nitrogen and oxygen atoms in total. The lowest BCUT2D eigenvalue weighted by atomic mass is 9.80. The van der Waals surface area contributed by atoms with Crippen LogP contribution in [0.2, 0.25) is 0 Å². The zero-order valence-electron chi connectivity index (χ0n) is 18.4. The van der Waals surface area contributed by atoms with Gasteiger partial charge in [0.05, 0.1) is 17.8 Å². The molecule has 33 heavy (non-hydrogen) atoms. The highest BCUT2D eigenvalue weighted by Crippen LogP contribution is 2.43. The Morgan fingerprint density at radius 1 is 1.30 bits per heavy atom. The minimum atomic E-state index is -2.50. The van der Waals surface area contributed by atoms with Gasteiger partial charge in [-0.05, 0) is 55.0 Å². The van der Waals surface area contributed by atoms with Gasteiger partial charge in [0.15, 0.2) is 17.0 Å². The van der Waals surface area contributed by atoms with Crippen molar-refractivity contribution in [2.24, 2.45) is 11.1 Å². The molecular weight excluding hydrogens is 426 g/mol. The normalized spacial score (nSPS) is 20.2. The number of aromatic amines is 1. The number of hydrogen-bond donors (Lipinski definition) is 2. The molecule has 1 fully saturated rings. The highest BCUT2D eigenvalue weighted by molar-refractivity contribution is 5.88. The number of benzene rings is 1. The van der Waals surface area contributed by atoms with Crippen LogP contribution in [0.1, 0.15) is 43.2 Å². The number of anilines is 3. The maximum Gasteiger partial charge on any atom is 0.245 e. The quantitative estimate of drug-likeness (QED) is 0.621. The highest BCUT2D eigenvalue weighted by atomic mass is 19.3. The molecule has 3 N–H and O–H groups in total. The van der Waals surface area contributed by atoms with Gasteiger partial charge in [0.1, 0.15) is 5.82 Å². The third-order valence-corrected chi connectivity index (χ3v) is 7.10. The number of aromatic nitrogens is 4. The molecule has 3 aromatic rings. The van der Waals surface area contributed by atoms with E-state index in [0.717, 1.165) is 31.7 Å². The van der Waals surface area contributed by atoms with Gasteiger partial charge in [-0.25, -0.2) is 18.7 Å². The second-order valence-electron chi connectivity index (χ2n) is 9.24. The molecule has 1 atom stereocenters. The third-order valence-electron chi connectivity index (χ3n) is 7.10. The first-order valence-electron chi connectivity index (χ1n) is 11.2. The fourth-order valence-corrected chi connectivity index (χ4v) is 4.79. The van der Waals surface area contributed by atoms with Gasteiger partial charge < -0.3 is 15.5 Å². The van der Waals surface area contributed by atoms with Gasteiger partial charge >= 0.3 is 0 Å². The van der Waals surface area contributed by atoms with Crippen molar-refractivity contribution in [3.05, 3.63) is 35.5 Å². The number of rotatable bonds is 4. The fourth-order valence-electron chi connectivity index (χ4n) is 4.79. The summed E-state index contributed by atoms with van der Waals surface area (Å²) in [5.41, 5.74) is 8.69. The number of nitrogens with zero attached hydrogens (tertiary/aromatic N) is 6. The van der Waals surface area contributed by atoms with E-state index in [1.165, 1.54) is 0 Å². The number of alkyl halides is 2. The lowest BCUT2D eigenvalue weighted by Gasteiger charge is -2.39. The number of nitrogens with one attached hydrogen (secondary N) is 1. The maximum absolute atomic E-state index is 13.7. The van der Waals surface area contributed by atoms with Crippen molar-refractivity contribution in [3.63, 3.8) is 0 Å². The molecule has 1 aromatic carbocycles. The minimum absolute atomic E-state index is 0.165. The largest absolute Gasteiger partial charge is 0.355 e. The van der Waals surface area contributed by atoms with Gasteiger partial charge in [-0.1, -0.05) is 6.92 Å². The summed E-state index contributed by atoms with van der Waals surface area (Å²) in [6, 6.07) is 6.96. The lowest BCUT2D eigenvalue weighted by Crippen LogP contribution is -2.42. The zero-order chi connectivity index (χ0) is 23.2. The number of halogens is 2. The zero-order valence-corrected chi connectivity index (χ0v) is 18.4. The van der Waals surface area contributed by atoms with Crippen molar-refractivity contribution in [3.8, 4) is 6.07 Å². The predicted octanol–water partition coefficient (Wildman–Crippen LogP) is 3.68.